The number of rotatable bonds is 3. The van der Waals surface area contributed by atoms with Crippen LogP contribution in [0.15, 0.2) is 60.4 Å². The molecule has 7 heteroatoms. The first-order chi connectivity index (χ1) is 14.3. The number of halogens is 3. The number of alkyl halides is 3. The molecule has 4 aromatic rings. The molecule has 0 amide bonds. The fraction of sp³-hybridized carbons (Fsp3) is 0.217. The van der Waals surface area contributed by atoms with Crippen molar-refractivity contribution in [3.8, 4) is 0 Å². The molecular formula is C23H17F3O3S. The van der Waals surface area contributed by atoms with Gasteiger partial charge in [0, 0.05) is 6.42 Å². The molecule has 0 spiro atoms. The van der Waals surface area contributed by atoms with E-state index in [2.05, 4.69) is 4.18 Å². The topological polar surface area (TPSA) is 43.4 Å². The molecule has 154 valence electrons. The second-order valence-electron chi connectivity index (χ2n) is 7.56. The van der Waals surface area contributed by atoms with E-state index in [1.807, 2.05) is 54.6 Å². The summed E-state index contributed by atoms with van der Waals surface area (Å²) < 4.78 is 66.7. The Labute approximate surface area is 171 Å². The maximum Gasteiger partial charge on any atom is 0.534 e. The summed E-state index contributed by atoms with van der Waals surface area (Å²) in [4.78, 5) is 0. The molecule has 1 aliphatic rings. The highest BCUT2D eigenvalue weighted by molar-refractivity contribution is 7.87. The highest BCUT2D eigenvalue weighted by Gasteiger charge is 2.49. The average molecular weight is 430 g/mol. The predicted octanol–water partition coefficient (Wildman–Crippen LogP) is 6.74. The minimum absolute atomic E-state index is 0.103. The minimum atomic E-state index is -5.70. The number of allylic oxidation sites excluding steroid dienone is 2. The van der Waals surface area contributed by atoms with Crippen molar-refractivity contribution in [2.45, 2.75) is 31.2 Å². The van der Waals surface area contributed by atoms with Gasteiger partial charge in [-0.15, -0.1) is 0 Å². The molecule has 0 radical (unpaired) electrons. The van der Waals surface area contributed by atoms with E-state index in [4.69, 9.17) is 0 Å². The molecule has 0 saturated heterocycles. The molecule has 0 aromatic heterocycles. The fourth-order valence-electron chi connectivity index (χ4n) is 4.43. The molecule has 0 saturated carbocycles. The summed E-state index contributed by atoms with van der Waals surface area (Å²) in [6, 6.07) is 17.8. The van der Waals surface area contributed by atoms with Crippen molar-refractivity contribution in [2.24, 2.45) is 0 Å². The zero-order valence-corrected chi connectivity index (χ0v) is 16.6. The van der Waals surface area contributed by atoms with Crippen LogP contribution in [0, 0.1) is 0 Å². The molecule has 0 unspecified atom stereocenters. The third-order valence-electron chi connectivity index (χ3n) is 5.76. The van der Waals surface area contributed by atoms with Gasteiger partial charge in [-0.2, -0.15) is 21.6 Å². The molecule has 4 aromatic carbocycles. The van der Waals surface area contributed by atoms with Crippen LogP contribution in [0.5, 0.6) is 0 Å². The van der Waals surface area contributed by atoms with Crippen molar-refractivity contribution >= 4 is 48.0 Å². The van der Waals surface area contributed by atoms with Crippen molar-refractivity contribution in [3.05, 3.63) is 65.9 Å². The maximum atomic E-state index is 12.9. The van der Waals surface area contributed by atoms with Crippen molar-refractivity contribution in [1.82, 2.24) is 0 Å². The third kappa shape index (κ3) is 2.91. The molecule has 0 N–H and O–H groups in total. The van der Waals surface area contributed by atoms with Gasteiger partial charge in [0.05, 0.1) is 0 Å². The van der Waals surface area contributed by atoms with E-state index in [-0.39, 0.29) is 12.2 Å². The van der Waals surface area contributed by atoms with Crippen LogP contribution in [-0.2, 0) is 14.3 Å². The van der Waals surface area contributed by atoms with Crippen LogP contribution in [0.3, 0.4) is 0 Å². The molecule has 0 fully saturated rings. The van der Waals surface area contributed by atoms with Gasteiger partial charge in [-0.05, 0) is 62.7 Å². The highest BCUT2D eigenvalue weighted by Crippen LogP contribution is 2.42. The van der Waals surface area contributed by atoms with Crippen LogP contribution in [0.1, 0.15) is 31.2 Å². The van der Waals surface area contributed by atoms with Crippen molar-refractivity contribution < 1.29 is 25.8 Å². The van der Waals surface area contributed by atoms with E-state index in [1.54, 1.807) is 0 Å². The Morgan fingerprint density at radius 3 is 2.07 bits per heavy atom. The smallest absolute Gasteiger partial charge is 0.380 e. The molecule has 0 bridgehead atoms. The van der Waals surface area contributed by atoms with E-state index in [0.29, 0.717) is 18.4 Å². The Morgan fingerprint density at radius 1 is 0.767 bits per heavy atom. The SMILES string of the molecule is O=S(=O)(OC1=C(c2ccc3ccc4cccc5ccc2c3c45)CCCC1)C(F)(F)F. The van der Waals surface area contributed by atoms with E-state index in [0.717, 1.165) is 44.3 Å². The van der Waals surface area contributed by atoms with Gasteiger partial charge in [-0.1, -0.05) is 54.6 Å². The van der Waals surface area contributed by atoms with Crippen molar-refractivity contribution in [1.29, 1.82) is 0 Å². The van der Waals surface area contributed by atoms with Crippen LogP contribution in [-0.4, -0.2) is 13.9 Å². The lowest BCUT2D eigenvalue weighted by Crippen LogP contribution is -2.26. The Kier molecular flexibility index (Phi) is 4.22. The standard InChI is InChI=1S/C23H17F3O3S/c24-23(25,26)30(27,28)29-20-7-2-1-6-18(20)17-12-10-16-9-8-14-4-3-5-15-11-13-19(17)22(16)21(14)15/h3-5,8-13H,1-2,6-7H2. The van der Waals surface area contributed by atoms with Crippen LogP contribution >= 0.6 is 0 Å². The third-order valence-corrected chi connectivity index (χ3v) is 6.75. The van der Waals surface area contributed by atoms with E-state index in [1.165, 1.54) is 0 Å². The first-order valence-electron chi connectivity index (χ1n) is 9.66. The van der Waals surface area contributed by atoms with Crippen molar-refractivity contribution in [2.75, 3.05) is 0 Å². The Balaban J connectivity index is 1.77. The van der Waals surface area contributed by atoms with Crippen molar-refractivity contribution in [3.63, 3.8) is 0 Å². The summed E-state index contributed by atoms with van der Waals surface area (Å²) in [6.07, 6.45) is 1.97. The van der Waals surface area contributed by atoms with Crippen LogP contribution < -0.4 is 0 Å². The lowest BCUT2D eigenvalue weighted by molar-refractivity contribution is -0.0523. The Morgan fingerprint density at radius 2 is 1.37 bits per heavy atom. The number of benzene rings is 4. The van der Waals surface area contributed by atoms with Gasteiger partial charge in [0.15, 0.2) is 0 Å². The monoisotopic (exact) mass is 430 g/mol. The summed E-state index contributed by atoms with van der Waals surface area (Å²) in [5.41, 5.74) is -4.19. The quantitative estimate of drug-likeness (QED) is 0.205. The van der Waals surface area contributed by atoms with Gasteiger partial charge in [0.25, 0.3) is 0 Å². The lowest BCUT2D eigenvalue weighted by atomic mass is 9.86. The van der Waals surface area contributed by atoms with E-state index >= 15 is 0 Å². The molecular weight excluding hydrogens is 413 g/mol. The summed E-state index contributed by atoms with van der Waals surface area (Å²) in [5, 5.41) is 6.20. The number of hydrogen-bond acceptors (Lipinski definition) is 3. The van der Waals surface area contributed by atoms with Gasteiger partial charge >= 0.3 is 15.6 Å². The van der Waals surface area contributed by atoms with Gasteiger partial charge in [0.2, 0.25) is 0 Å². The summed E-state index contributed by atoms with van der Waals surface area (Å²) >= 11 is 0. The Bertz CT molecular complexity index is 1400. The van der Waals surface area contributed by atoms with Crippen LogP contribution in [0.25, 0.3) is 37.9 Å². The molecule has 0 heterocycles. The lowest BCUT2D eigenvalue weighted by Gasteiger charge is -2.23. The summed E-state index contributed by atoms with van der Waals surface area (Å²) in [6.45, 7) is 0. The molecule has 5 rings (SSSR count). The molecule has 0 aliphatic heterocycles. The second kappa shape index (κ2) is 6.60. The normalized spacial score (nSPS) is 16.1. The average Bonchev–Trinajstić information content (AvgIpc) is 2.71. The molecule has 0 atom stereocenters. The predicted molar refractivity (Wildman–Crippen MR) is 112 cm³/mol. The number of hydrogen-bond donors (Lipinski definition) is 0. The zero-order valence-electron chi connectivity index (χ0n) is 15.8. The second-order valence-corrected chi connectivity index (χ2v) is 9.10. The molecule has 3 nitrogen and oxygen atoms in total. The maximum absolute atomic E-state index is 12.9. The van der Waals surface area contributed by atoms with E-state index in [9.17, 15) is 21.6 Å². The fourth-order valence-corrected chi connectivity index (χ4v) is 4.98. The molecule has 1 aliphatic carbocycles. The van der Waals surface area contributed by atoms with Crippen LogP contribution in [0.2, 0.25) is 0 Å². The van der Waals surface area contributed by atoms with Crippen LogP contribution in [0.4, 0.5) is 13.2 Å². The zero-order chi connectivity index (χ0) is 21.1. The van der Waals surface area contributed by atoms with Gasteiger partial charge < -0.3 is 4.18 Å². The first-order valence-corrected chi connectivity index (χ1v) is 11.1. The highest BCUT2D eigenvalue weighted by atomic mass is 32.2. The van der Waals surface area contributed by atoms with Gasteiger partial charge in [-0.25, -0.2) is 0 Å². The Hall–Kier alpha value is -2.80. The molecule has 30 heavy (non-hydrogen) atoms. The van der Waals surface area contributed by atoms with E-state index < -0.39 is 15.6 Å². The largest absolute Gasteiger partial charge is 0.534 e. The van der Waals surface area contributed by atoms with Gasteiger partial charge in [0.1, 0.15) is 5.76 Å². The first kappa shape index (κ1) is 19.2. The summed E-state index contributed by atoms with van der Waals surface area (Å²) in [7, 11) is -5.70. The summed E-state index contributed by atoms with van der Waals surface area (Å²) in [5.74, 6) is -0.103. The van der Waals surface area contributed by atoms with Gasteiger partial charge in [-0.3, -0.25) is 0 Å². The minimum Gasteiger partial charge on any atom is -0.380 e.